The van der Waals surface area contributed by atoms with Crippen LogP contribution in [0.2, 0.25) is 0 Å². The Hall–Kier alpha value is -1.91. The standard InChI is InChI=1S/C13H17NO4/c1-7-5-9(13(15)16)10(14)12(11(7)17-2)18-6-8-3-4-8/h5,8H,3-4,6,14H2,1-2H3,(H,15,16). The maximum absolute atomic E-state index is 11.1. The molecule has 0 bridgehead atoms. The van der Waals surface area contributed by atoms with E-state index in [1.807, 2.05) is 0 Å². The van der Waals surface area contributed by atoms with Gasteiger partial charge in [-0.05, 0) is 37.3 Å². The van der Waals surface area contributed by atoms with Crippen molar-refractivity contribution in [2.75, 3.05) is 19.5 Å². The van der Waals surface area contributed by atoms with E-state index in [4.69, 9.17) is 20.3 Å². The van der Waals surface area contributed by atoms with E-state index >= 15 is 0 Å². The topological polar surface area (TPSA) is 81.8 Å². The average Bonchev–Trinajstić information content (AvgIpc) is 3.13. The number of carbonyl (C=O) groups is 1. The number of nitrogen functional groups attached to an aromatic ring is 1. The highest BCUT2D eigenvalue weighted by Gasteiger charge is 2.25. The molecule has 1 aliphatic rings. The van der Waals surface area contributed by atoms with E-state index in [0.717, 1.165) is 12.8 Å². The number of benzene rings is 1. The van der Waals surface area contributed by atoms with E-state index in [9.17, 15) is 4.79 Å². The van der Waals surface area contributed by atoms with Gasteiger partial charge >= 0.3 is 5.97 Å². The highest BCUT2D eigenvalue weighted by molar-refractivity contribution is 5.96. The molecule has 0 aromatic heterocycles. The van der Waals surface area contributed by atoms with Crippen LogP contribution in [0.3, 0.4) is 0 Å². The third-order valence-electron chi connectivity index (χ3n) is 3.05. The number of nitrogens with two attached hydrogens (primary N) is 1. The summed E-state index contributed by atoms with van der Waals surface area (Å²) in [5.74, 6) is 0.359. The molecule has 5 nitrogen and oxygen atoms in total. The van der Waals surface area contributed by atoms with Crippen molar-refractivity contribution >= 4 is 11.7 Å². The smallest absolute Gasteiger partial charge is 0.337 e. The molecule has 1 saturated carbocycles. The van der Waals surface area contributed by atoms with Crippen LogP contribution in [0.15, 0.2) is 6.07 Å². The molecular weight excluding hydrogens is 234 g/mol. The lowest BCUT2D eigenvalue weighted by Crippen LogP contribution is -2.09. The van der Waals surface area contributed by atoms with Gasteiger partial charge in [0.2, 0.25) is 0 Å². The molecule has 0 spiro atoms. The van der Waals surface area contributed by atoms with Crippen LogP contribution in [0.4, 0.5) is 5.69 Å². The van der Waals surface area contributed by atoms with Crippen molar-refractivity contribution in [3.8, 4) is 11.5 Å². The average molecular weight is 251 g/mol. The van der Waals surface area contributed by atoms with Gasteiger partial charge in [0.05, 0.1) is 25.0 Å². The van der Waals surface area contributed by atoms with Crippen molar-refractivity contribution in [3.05, 3.63) is 17.2 Å². The molecule has 98 valence electrons. The predicted molar refractivity (Wildman–Crippen MR) is 67.3 cm³/mol. The summed E-state index contributed by atoms with van der Waals surface area (Å²) in [7, 11) is 1.52. The third-order valence-corrected chi connectivity index (χ3v) is 3.05. The molecule has 1 aliphatic carbocycles. The number of aryl methyl sites for hydroxylation is 1. The van der Waals surface area contributed by atoms with E-state index < -0.39 is 5.97 Å². The maximum atomic E-state index is 11.1. The molecule has 18 heavy (non-hydrogen) atoms. The van der Waals surface area contributed by atoms with Gasteiger partial charge in [-0.3, -0.25) is 0 Å². The fourth-order valence-electron chi connectivity index (χ4n) is 1.84. The Morgan fingerprint density at radius 1 is 1.50 bits per heavy atom. The van der Waals surface area contributed by atoms with Gasteiger partial charge in [0.15, 0.2) is 11.5 Å². The maximum Gasteiger partial charge on any atom is 0.337 e. The number of anilines is 1. The minimum Gasteiger partial charge on any atom is -0.493 e. The molecule has 5 heteroatoms. The normalized spacial score (nSPS) is 14.3. The lowest BCUT2D eigenvalue weighted by Gasteiger charge is -2.16. The zero-order valence-corrected chi connectivity index (χ0v) is 10.5. The van der Waals surface area contributed by atoms with Crippen LogP contribution in [0.1, 0.15) is 28.8 Å². The minimum absolute atomic E-state index is 0.0547. The minimum atomic E-state index is -1.06. The SMILES string of the molecule is COc1c(C)cc(C(=O)O)c(N)c1OCC1CC1. The summed E-state index contributed by atoms with van der Waals surface area (Å²) in [6.45, 7) is 2.33. The fourth-order valence-corrected chi connectivity index (χ4v) is 1.84. The number of carboxylic acids is 1. The summed E-state index contributed by atoms with van der Waals surface area (Å²) < 4.78 is 10.9. The second kappa shape index (κ2) is 4.76. The second-order valence-electron chi connectivity index (χ2n) is 4.58. The number of methoxy groups -OCH3 is 1. The van der Waals surface area contributed by atoms with Gasteiger partial charge in [0.25, 0.3) is 0 Å². The molecule has 1 fully saturated rings. The van der Waals surface area contributed by atoms with Gasteiger partial charge < -0.3 is 20.3 Å². The van der Waals surface area contributed by atoms with Crippen molar-refractivity contribution in [2.24, 2.45) is 5.92 Å². The van der Waals surface area contributed by atoms with Crippen LogP contribution >= 0.6 is 0 Å². The molecule has 2 rings (SSSR count). The molecule has 1 aromatic carbocycles. The number of hydrogen-bond donors (Lipinski definition) is 2. The summed E-state index contributed by atoms with van der Waals surface area (Å²) in [5, 5.41) is 9.09. The van der Waals surface area contributed by atoms with E-state index in [1.54, 1.807) is 6.92 Å². The number of hydrogen-bond acceptors (Lipinski definition) is 4. The van der Waals surface area contributed by atoms with Gasteiger partial charge in [-0.1, -0.05) is 0 Å². The first-order chi connectivity index (χ1) is 8.54. The Bertz CT molecular complexity index is 480. The zero-order chi connectivity index (χ0) is 13.3. The monoisotopic (exact) mass is 251 g/mol. The van der Waals surface area contributed by atoms with Crippen LogP contribution in [-0.2, 0) is 0 Å². The molecule has 3 N–H and O–H groups in total. The van der Waals surface area contributed by atoms with Crippen LogP contribution in [0.5, 0.6) is 11.5 Å². The van der Waals surface area contributed by atoms with E-state index in [0.29, 0.717) is 29.6 Å². The van der Waals surface area contributed by atoms with Crippen LogP contribution in [0, 0.1) is 12.8 Å². The third kappa shape index (κ3) is 2.34. The molecular formula is C13H17NO4. The van der Waals surface area contributed by atoms with Gasteiger partial charge in [-0.15, -0.1) is 0 Å². The van der Waals surface area contributed by atoms with Crippen molar-refractivity contribution in [1.29, 1.82) is 0 Å². The Morgan fingerprint density at radius 2 is 2.17 bits per heavy atom. The first-order valence-corrected chi connectivity index (χ1v) is 5.87. The van der Waals surface area contributed by atoms with Gasteiger partial charge in [-0.2, -0.15) is 0 Å². The second-order valence-corrected chi connectivity index (χ2v) is 4.58. The number of aromatic carboxylic acids is 1. The van der Waals surface area contributed by atoms with Crippen molar-refractivity contribution in [3.63, 3.8) is 0 Å². The van der Waals surface area contributed by atoms with Crippen LogP contribution in [-0.4, -0.2) is 24.8 Å². The highest BCUT2D eigenvalue weighted by atomic mass is 16.5. The van der Waals surface area contributed by atoms with Crippen LogP contribution in [0.25, 0.3) is 0 Å². The number of ether oxygens (including phenoxy) is 2. The molecule has 0 aliphatic heterocycles. The predicted octanol–water partition coefficient (Wildman–Crippen LogP) is 2.07. The lowest BCUT2D eigenvalue weighted by molar-refractivity contribution is 0.0697. The highest BCUT2D eigenvalue weighted by Crippen LogP contribution is 2.40. The molecule has 0 atom stereocenters. The Morgan fingerprint density at radius 3 is 2.67 bits per heavy atom. The van der Waals surface area contributed by atoms with Gasteiger partial charge in [-0.25, -0.2) is 4.79 Å². The molecule has 0 radical (unpaired) electrons. The summed E-state index contributed by atoms with van der Waals surface area (Å²) >= 11 is 0. The van der Waals surface area contributed by atoms with Gasteiger partial charge in [0.1, 0.15) is 0 Å². The Balaban J connectivity index is 2.40. The Labute approximate surface area is 106 Å². The molecule has 0 unspecified atom stereocenters. The largest absolute Gasteiger partial charge is 0.493 e. The Kier molecular flexibility index (Phi) is 3.32. The van der Waals surface area contributed by atoms with E-state index in [-0.39, 0.29) is 11.3 Å². The fraction of sp³-hybridized carbons (Fsp3) is 0.462. The molecule has 1 aromatic rings. The van der Waals surface area contributed by atoms with E-state index in [2.05, 4.69) is 0 Å². The van der Waals surface area contributed by atoms with Crippen molar-refractivity contribution in [2.45, 2.75) is 19.8 Å². The summed E-state index contributed by atoms with van der Waals surface area (Å²) in [6, 6.07) is 1.50. The summed E-state index contributed by atoms with van der Waals surface area (Å²) in [4.78, 5) is 11.1. The number of carboxylic acid groups (broad SMARTS) is 1. The first-order valence-electron chi connectivity index (χ1n) is 5.87. The lowest BCUT2D eigenvalue weighted by atomic mass is 10.1. The van der Waals surface area contributed by atoms with Crippen molar-refractivity contribution in [1.82, 2.24) is 0 Å². The summed E-state index contributed by atoms with van der Waals surface area (Å²) in [5.41, 5.74) is 6.74. The quantitative estimate of drug-likeness (QED) is 0.783. The first kappa shape index (κ1) is 12.5. The van der Waals surface area contributed by atoms with E-state index in [1.165, 1.54) is 13.2 Å². The number of rotatable bonds is 5. The zero-order valence-electron chi connectivity index (χ0n) is 10.5. The van der Waals surface area contributed by atoms with Gasteiger partial charge in [0, 0.05) is 0 Å². The molecule has 0 saturated heterocycles. The van der Waals surface area contributed by atoms with Crippen molar-refractivity contribution < 1.29 is 19.4 Å². The van der Waals surface area contributed by atoms with Crippen LogP contribution < -0.4 is 15.2 Å². The molecule has 0 heterocycles. The molecule has 0 amide bonds. The summed E-state index contributed by atoms with van der Waals surface area (Å²) in [6.07, 6.45) is 2.31.